The molecule has 20 heavy (non-hydrogen) atoms. The van der Waals surface area contributed by atoms with Crippen LogP contribution in [0.4, 0.5) is 4.39 Å². The summed E-state index contributed by atoms with van der Waals surface area (Å²) in [5.41, 5.74) is 0.221. The summed E-state index contributed by atoms with van der Waals surface area (Å²) in [6, 6.07) is 7.31. The van der Waals surface area contributed by atoms with E-state index in [-0.39, 0.29) is 16.5 Å². The topological polar surface area (TPSA) is 49.3 Å². The molecule has 2 rings (SSSR count). The molecular formula is C14H13ClFNO2S. The fourth-order valence-electron chi connectivity index (χ4n) is 1.71. The van der Waals surface area contributed by atoms with Gasteiger partial charge in [-0.1, -0.05) is 17.7 Å². The van der Waals surface area contributed by atoms with Gasteiger partial charge in [-0.25, -0.2) is 4.39 Å². The van der Waals surface area contributed by atoms with Gasteiger partial charge in [0.15, 0.2) is 0 Å². The van der Waals surface area contributed by atoms with Crippen molar-refractivity contribution in [2.45, 2.75) is 12.5 Å². The molecule has 1 atom stereocenters. The van der Waals surface area contributed by atoms with Crippen molar-refractivity contribution in [1.82, 2.24) is 5.32 Å². The van der Waals surface area contributed by atoms with E-state index in [9.17, 15) is 14.3 Å². The van der Waals surface area contributed by atoms with Gasteiger partial charge in [-0.3, -0.25) is 4.79 Å². The number of hydrogen-bond donors (Lipinski definition) is 2. The summed E-state index contributed by atoms with van der Waals surface area (Å²) in [4.78, 5) is 12.7. The number of rotatable bonds is 5. The zero-order valence-electron chi connectivity index (χ0n) is 10.5. The predicted molar refractivity (Wildman–Crippen MR) is 77.6 cm³/mol. The summed E-state index contributed by atoms with van der Waals surface area (Å²) in [5, 5.41) is 14.5. The first-order chi connectivity index (χ1) is 9.58. The van der Waals surface area contributed by atoms with E-state index in [1.54, 1.807) is 0 Å². The molecule has 0 aliphatic rings. The van der Waals surface area contributed by atoms with Gasteiger partial charge in [0.05, 0.1) is 16.7 Å². The number of aliphatic hydroxyl groups excluding tert-OH is 1. The van der Waals surface area contributed by atoms with Gasteiger partial charge >= 0.3 is 0 Å². The van der Waals surface area contributed by atoms with E-state index >= 15 is 0 Å². The van der Waals surface area contributed by atoms with E-state index < -0.39 is 11.9 Å². The first kappa shape index (κ1) is 15.0. The Labute approximate surface area is 125 Å². The second-order valence-electron chi connectivity index (χ2n) is 4.20. The Balaban J connectivity index is 1.86. The lowest BCUT2D eigenvalue weighted by molar-refractivity contribution is 0.0943. The van der Waals surface area contributed by atoms with Crippen molar-refractivity contribution >= 4 is 28.8 Å². The standard InChI is InChI=1S/C14H13ClFNO2S/c15-11-8-9(16)3-4-10(11)14(19)17-6-5-12(18)13-2-1-7-20-13/h1-4,7-8,12,18H,5-6H2,(H,17,19). The van der Waals surface area contributed by atoms with E-state index in [1.807, 2.05) is 17.5 Å². The highest BCUT2D eigenvalue weighted by atomic mass is 35.5. The lowest BCUT2D eigenvalue weighted by atomic mass is 10.2. The number of benzene rings is 1. The Morgan fingerprint density at radius 1 is 1.45 bits per heavy atom. The van der Waals surface area contributed by atoms with Crippen molar-refractivity contribution < 1.29 is 14.3 Å². The number of nitrogens with one attached hydrogen (secondary N) is 1. The highest BCUT2D eigenvalue weighted by molar-refractivity contribution is 7.10. The van der Waals surface area contributed by atoms with E-state index in [2.05, 4.69) is 5.32 Å². The molecule has 0 saturated carbocycles. The van der Waals surface area contributed by atoms with Crippen LogP contribution in [0.25, 0.3) is 0 Å². The van der Waals surface area contributed by atoms with Crippen molar-refractivity contribution in [3.05, 3.63) is 57.0 Å². The molecule has 2 N–H and O–H groups in total. The molecule has 0 saturated heterocycles. The van der Waals surface area contributed by atoms with Crippen LogP contribution in [0.15, 0.2) is 35.7 Å². The Bertz CT molecular complexity index is 589. The Kier molecular flexibility index (Phi) is 5.11. The molecule has 1 aromatic heterocycles. The first-order valence-electron chi connectivity index (χ1n) is 6.02. The van der Waals surface area contributed by atoms with Gasteiger partial charge in [0, 0.05) is 11.4 Å². The van der Waals surface area contributed by atoms with Crippen LogP contribution >= 0.6 is 22.9 Å². The average Bonchev–Trinajstić information content (AvgIpc) is 2.92. The van der Waals surface area contributed by atoms with Gasteiger partial charge < -0.3 is 10.4 Å². The third kappa shape index (κ3) is 3.79. The van der Waals surface area contributed by atoms with Crippen LogP contribution in [-0.2, 0) is 0 Å². The maximum Gasteiger partial charge on any atom is 0.252 e. The van der Waals surface area contributed by atoms with Crippen LogP contribution in [0.2, 0.25) is 5.02 Å². The monoisotopic (exact) mass is 313 g/mol. The number of thiophene rings is 1. The van der Waals surface area contributed by atoms with E-state index in [4.69, 9.17) is 11.6 Å². The average molecular weight is 314 g/mol. The van der Waals surface area contributed by atoms with E-state index in [0.29, 0.717) is 13.0 Å². The predicted octanol–water partition coefficient (Wildman–Crippen LogP) is 3.39. The van der Waals surface area contributed by atoms with Crippen LogP contribution in [0, 0.1) is 5.82 Å². The number of hydrogen-bond acceptors (Lipinski definition) is 3. The number of amides is 1. The van der Waals surface area contributed by atoms with Crippen LogP contribution in [0.5, 0.6) is 0 Å². The molecule has 1 unspecified atom stereocenters. The summed E-state index contributed by atoms with van der Waals surface area (Å²) in [6.07, 6.45) is -0.190. The molecular weight excluding hydrogens is 301 g/mol. The van der Waals surface area contributed by atoms with Crippen molar-refractivity contribution in [2.24, 2.45) is 0 Å². The molecule has 0 radical (unpaired) electrons. The molecule has 3 nitrogen and oxygen atoms in total. The fraction of sp³-hybridized carbons (Fsp3) is 0.214. The van der Waals surface area contributed by atoms with Crippen LogP contribution in [0.1, 0.15) is 27.8 Å². The second kappa shape index (κ2) is 6.83. The Morgan fingerprint density at radius 2 is 2.25 bits per heavy atom. The van der Waals surface area contributed by atoms with E-state index in [0.717, 1.165) is 10.9 Å². The minimum atomic E-state index is -0.598. The maximum absolute atomic E-state index is 12.9. The van der Waals surface area contributed by atoms with Gasteiger partial charge in [-0.05, 0) is 36.1 Å². The number of aliphatic hydroxyl groups is 1. The first-order valence-corrected chi connectivity index (χ1v) is 7.28. The van der Waals surface area contributed by atoms with Gasteiger partial charge in [-0.15, -0.1) is 11.3 Å². The van der Waals surface area contributed by atoms with Crippen molar-refractivity contribution in [1.29, 1.82) is 0 Å². The molecule has 6 heteroatoms. The molecule has 0 spiro atoms. The molecule has 106 valence electrons. The van der Waals surface area contributed by atoms with Crippen LogP contribution in [-0.4, -0.2) is 17.6 Å². The molecule has 0 aliphatic carbocycles. The summed E-state index contributed by atoms with van der Waals surface area (Å²) >= 11 is 7.26. The van der Waals surface area contributed by atoms with Crippen molar-refractivity contribution in [3.63, 3.8) is 0 Å². The smallest absolute Gasteiger partial charge is 0.252 e. The van der Waals surface area contributed by atoms with Crippen LogP contribution < -0.4 is 5.32 Å². The zero-order valence-corrected chi connectivity index (χ0v) is 12.0. The molecule has 1 amide bonds. The number of carbonyl (C=O) groups excluding carboxylic acids is 1. The quantitative estimate of drug-likeness (QED) is 0.889. The third-order valence-electron chi connectivity index (χ3n) is 2.75. The van der Waals surface area contributed by atoms with Gasteiger partial charge in [0.1, 0.15) is 5.82 Å². The minimum Gasteiger partial charge on any atom is -0.388 e. The summed E-state index contributed by atoms with van der Waals surface area (Å²) in [7, 11) is 0. The summed E-state index contributed by atoms with van der Waals surface area (Å²) in [5.74, 6) is -0.868. The van der Waals surface area contributed by atoms with Crippen molar-refractivity contribution in [2.75, 3.05) is 6.54 Å². The largest absolute Gasteiger partial charge is 0.388 e. The van der Waals surface area contributed by atoms with E-state index in [1.165, 1.54) is 23.5 Å². The third-order valence-corrected chi connectivity index (χ3v) is 4.04. The minimum absolute atomic E-state index is 0.0707. The van der Waals surface area contributed by atoms with Crippen LogP contribution in [0.3, 0.4) is 0 Å². The molecule has 0 aliphatic heterocycles. The Hall–Kier alpha value is -1.43. The highest BCUT2D eigenvalue weighted by Crippen LogP contribution is 2.21. The molecule has 0 fully saturated rings. The van der Waals surface area contributed by atoms with Gasteiger partial charge in [-0.2, -0.15) is 0 Å². The molecule has 1 aromatic carbocycles. The molecule has 2 aromatic rings. The normalized spacial score (nSPS) is 12.2. The zero-order chi connectivity index (χ0) is 14.5. The Morgan fingerprint density at radius 3 is 2.90 bits per heavy atom. The van der Waals surface area contributed by atoms with Gasteiger partial charge in [0.2, 0.25) is 0 Å². The summed E-state index contributed by atoms with van der Waals surface area (Å²) < 4.78 is 12.9. The summed E-state index contributed by atoms with van der Waals surface area (Å²) in [6.45, 7) is 0.311. The van der Waals surface area contributed by atoms with Crippen molar-refractivity contribution in [3.8, 4) is 0 Å². The fourth-order valence-corrected chi connectivity index (χ4v) is 2.71. The molecule has 0 bridgehead atoms. The lowest BCUT2D eigenvalue weighted by Crippen LogP contribution is -2.25. The molecule has 1 heterocycles. The lowest BCUT2D eigenvalue weighted by Gasteiger charge is -2.10. The number of carbonyl (C=O) groups is 1. The second-order valence-corrected chi connectivity index (χ2v) is 5.59. The highest BCUT2D eigenvalue weighted by Gasteiger charge is 2.12. The number of halogens is 2. The van der Waals surface area contributed by atoms with Gasteiger partial charge in [0.25, 0.3) is 5.91 Å². The SMILES string of the molecule is O=C(NCCC(O)c1cccs1)c1ccc(F)cc1Cl. The maximum atomic E-state index is 12.9.